The van der Waals surface area contributed by atoms with E-state index in [1.54, 1.807) is 30.3 Å². The van der Waals surface area contributed by atoms with E-state index in [0.717, 1.165) is 41.3 Å². The van der Waals surface area contributed by atoms with E-state index in [1.165, 1.54) is 24.3 Å². The molecule has 0 bridgehead atoms. The summed E-state index contributed by atoms with van der Waals surface area (Å²) in [5.41, 5.74) is 2.04. The largest absolute Gasteiger partial charge is 0.507 e. The van der Waals surface area contributed by atoms with Crippen LogP contribution in [0.25, 0.3) is 10.8 Å². The molecule has 0 aliphatic rings. The molecule has 1 N–H and O–H groups in total. The fourth-order valence-corrected chi connectivity index (χ4v) is 3.79. The highest BCUT2D eigenvalue weighted by Gasteiger charge is 2.16. The second kappa shape index (κ2) is 8.39. The summed E-state index contributed by atoms with van der Waals surface area (Å²) in [6, 6.07) is 20.5. The molecule has 0 aliphatic heterocycles. The molecule has 0 spiro atoms. The van der Waals surface area contributed by atoms with Crippen molar-refractivity contribution in [3.05, 3.63) is 108 Å². The lowest BCUT2D eigenvalue weighted by molar-refractivity contribution is -0.696. The highest BCUT2D eigenvalue weighted by Crippen LogP contribution is 2.30. The third kappa shape index (κ3) is 4.43. The van der Waals surface area contributed by atoms with Gasteiger partial charge in [0.25, 0.3) is 0 Å². The van der Waals surface area contributed by atoms with Crippen molar-refractivity contribution >= 4 is 10.8 Å². The fraction of sp³-hybridized carbons (Fsp3) is 0.160. The Hall–Kier alpha value is -3.27. The molecule has 146 valence electrons. The maximum atomic E-state index is 13.4. The van der Waals surface area contributed by atoms with Gasteiger partial charge in [-0.2, -0.15) is 0 Å². The summed E-state index contributed by atoms with van der Waals surface area (Å²) in [5, 5.41) is 11.8. The number of phenolic OH excluding ortho intramolecular Hbond substituents is 1. The van der Waals surface area contributed by atoms with Crippen LogP contribution in [0.1, 0.15) is 29.9 Å². The number of rotatable bonds is 6. The molecule has 4 rings (SSSR count). The zero-order chi connectivity index (χ0) is 20.2. The Morgan fingerprint density at radius 2 is 1.41 bits per heavy atom. The third-order valence-corrected chi connectivity index (χ3v) is 5.31. The first-order chi connectivity index (χ1) is 14.1. The fourth-order valence-electron chi connectivity index (χ4n) is 3.79. The van der Waals surface area contributed by atoms with Gasteiger partial charge in [0.1, 0.15) is 23.9 Å². The zero-order valence-electron chi connectivity index (χ0n) is 15.9. The predicted molar refractivity (Wildman–Crippen MR) is 110 cm³/mol. The van der Waals surface area contributed by atoms with E-state index >= 15 is 0 Å². The maximum absolute atomic E-state index is 13.4. The topological polar surface area (TPSA) is 24.1 Å². The molecule has 0 radical (unpaired) electrons. The molecule has 1 heterocycles. The van der Waals surface area contributed by atoms with Crippen molar-refractivity contribution in [2.45, 2.75) is 25.3 Å². The van der Waals surface area contributed by atoms with Gasteiger partial charge in [-0.25, -0.2) is 13.3 Å². The van der Waals surface area contributed by atoms with E-state index in [-0.39, 0.29) is 23.3 Å². The number of aryl methyl sites for hydroxylation is 1. The minimum Gasteiger partial charge on any atom is -0.507 e. The molecule has 0 saturated carbocycles. The molecule has 0 aliphatic carbocycles. The number of benzene rings is 3. The monoisotopic (exact) mass is 390 g/mol. The Balaban J connectivity index is 1.52. The minimum absolute atomic E-state index is 0.0706. The standard InChI is InChI=1S/C25H21F2NO/c26-21-10-6-18(7-11-21)23(19-8-12-22(27)13-9-19)4-2-15-28-16-14-24-20(17-28)3-1-5-25(24)29/h1,3,5-14,16-17,23H,2,4,15H2/p+1. The molecule has 0 amide bonds. The average Bonchev–Trinajstić information content (AvgIpc) is 2.73. The Morgan fingerprint density at radius 1 is 0.793 bits per heavy atom. The lowest BCUT2D eigenvalue weighted by Crippen LogP contribution is -2.32. The van der Waals surface area contributed by atoms with Crippen molar-refractivity contribution in [3.8, 4) is 5.75 Å². The van der Waals surface area contributed by atoms with Gasteiger partial charge in [0.15, 0.2) is 12.4 Å². The van der Waals surface area contributed by atoms with E-state index in [2.05, 4.69) is 4.57 Å². The van der Waals surface area contributed by atoms with Gasteiger partial charge in [-0.3, -0.25) is 0 Å². The van der Waals surface area contributed by atoms with E-state index in [1.807, 2.05) is 30.6 Å². The molecular formula is C25H22F2NO+. The molecule has 0 unspecified atom stereocenters. The number of halogens is 2. The first-order valence-electron chi connectivity index (χ1n) is 9.72. The van der Waals surface area contributed by atoms with Crippen molar-refractivity contribution in [3.63, 3.8) is 0 Å². The summed E-state index contributed by atoms with van der Waals surface area (Å²) in [4.78, 5) is 0. The van der Waals surface area contributed by atoms with Crippen molar-refractivity contribution in [1.29, 1.82) is 0 Å². The van der Waals surface area contributed by atoms with Gasteiger partial charge in [0.05, 0.1) is 0 Å². The second-order valence-electron chi connectivity index (χ2n) is 7.26. The van der Waals surface area contributed by atoms with Crippen molar-refractivity contribution in [1.82, 2.24) is 0 Å². The van der Waals surface area contributed by atoms with Crippen LogP contribution in [0.2, 0.25) is 0 Å². The van der Waals surface area contributed by atoms with Gasteiger partial charge in [-0.1, -0.05) is 30.3 Å². The van der Waals surface area contributed by atoms with Crippen LogP contribution in [-0.4, -0.2) is 5.11 Å². The Morgan fingerprint density at radius 3 is 2.03 bits per heavy atom. The van der Waals surface area contributed by atoms with Crippen LogP contribution in [0, 0.1) is 11.6 Å². The Bertz CT molecular complexity index is 1060. The van der Waals surface area contributed by atoms with Crippen LogP contribution in [0.5, 0.6) is 5.75 Å². The number of nitrogens with zero attached hydrogens (tertiary/aromatic N) is 1. The van der Waals surface area contributed by atoms with E-state index in [0.29, 0.717) is 0 Å². The first-order valence-corrected chi connectivity index (χ1v) is 9.72. The van der Waals surface area contributed by atoms with Gasteiger partial charge in [0.2, 0.25) is 0 Å². The lowest BCUT2D eigenvalue weighted by atomic mass is 9.87. The molecule has 2 nitrogen and oxygen atoms in total. The molecule has 0 atom stereocenters. The number of phenols is 1. The highest BCUT2D eigenvalue weighted by atomic mass is 19.1. The van der Waals surface area contributed by atoms with Gasteiger partial charge in [-0.05, 0) is 53.9 Å². The molecule has 4 heteroatoms. The van der Waals surface area contributed by atoms with E-state index in [9.17, 15) is 13.9 Å². The summed E-state index contributed by atoms with van der Waals surface area (Å²) < 4.78 is 28.8. The first kappa shape index (κ1) is 19.1. The predicted octanol–water partition coefficient (Wildman–Crippen LogP) is 5.72. The number of aromatic nitrogens is 1. The van der Waals surface area contributed by atoms with Gasteiger partial charge in [-0.15, -0.1) is 0 Å². The molecule has 4 aromatic rings. The highest BCUT2D eigenvalue weighted by molar-refractivity contribution is 5.86. The number of hydrogen-bond donors (Lipinski definition) is 1. The Labute approximate surface area is 168 Å². The van der Waals surface area contributed by atoms with Crippen molar-refractivity contribution in [2.24, 2.45) is 0 Å². The second-order valence-corrected chi connectivity index (χ2v) is 7.26. The van der Waals surface area contributed by atoms with Crippen LogP contribution in [0.15, 0.2) is 85.2 Å². The SMILES string of the molecule is Oc1cccc2c[n+](CCCC(c3ccc(F)cc3)c3ccc(F)cc3)ccc12. The number of pyridine rings is 1. The molecule has 0 fully saturated rings. The molecule has 0 saturated heterocycles. The normalized spacial score (nSPS) is 11.3. The van der Waals surface area contributed by atoms with Crippen LogP contribution < -0.4 is 4.57 Å². The van der Waals surface area contributed by atoms with Crippen LogP contribution >= 0.6 is 0 Å². The number of fused-ring (bicyclic) bond motifs is 1. The molecule has 3 aromatic carbocycles. The summed E-state index contributed by atoms with van der Waals surface area (Å²) >= 11 is 0. The van der Waals surface area contributed by atoms with Gasteiger partial charge < -0.3 is 5.11 Å². The quantitative estimate of drug-likeness (QED) is 0.418. The van der Waals surface area contributed by atoms with E-state index in [4.69, 9.17) is 0 Å². The zero-order valence-corrected chi connectivity index (χ0v) is 15.9. The third-order valence-electron chi connectivity index (χ3n) is 5.31. The van der Waals surface area contributed by atoms with Crippen LogP contribution in [0.4, 0.5) is 8.78 Å². The summed E-state index contributed by atoms with van der Waals surface area (Å²) in [6.07, 6.45) is 5.74. The summed E-state index contributed by atoms with van der Waals surface area (Å²) in [6.45, 7) is 0.810. The number of hydrogen-bond acceptors (Lipinski definition) is 1. The van der Waals surface area contributed by atoms with Crippen LogP contribution in [-0.2, 0) is 6.54 Å². The van der Waals surface area contributed by atoms with Gasteiger partial charge in [0, 0.05) is 29.2 Å². The smallest absolute Gasteiger partial charge is 0.176 e. The Kier molecular flexibility index (Phi) is 5.52. The maximum Gasteiger partial charge on any atom is 0.176 e. The van der Waals surface area contributed by atoms with Crippen molar-refractivity contribution in [2.75, 3.05) is 0 Å². The van der Waals surface area contributed by atoms with Gasteiger partial charge >= 0.3 is 0 Å². The molecular weight excluding hydrogens is 368 g/mol. The lowest BCUT2D eigenvalue weighted by Gasteiger charge is -2.17. The molecule has 29 heavy (non-hydrogen) atoms. The van der Waals surface area contributed by atoms with Crippen LogP contribution in [0.3, 0.4) is 0 Å². The molecule has 1 aromatic heterocycles. The summed E-state index contributed by atoms with van der Waals surface area (Å²) in [7, 11) is 0. The summed E-state index contributed by atoms with van der Waals surface area (Å²) in [5.74, 6) is -0.174. The van der Waals surface area contributed by atoms with E-state index < -0.39 is 0 Å². The minimum atomic E-state index is -0.262. The average molecular weight is 390 g/mol. The van der Waals surface area contributed by atoms with Crippen molar-refractivity contribution < 1.29 is 18.5 Å². The number of aromatic hydroxyl groups is 1.